The number of methoxy groups -OCH3 is 1. The zero-order valence-corrected chi connectivity index (χ0v) is 10.1. The lowest BCUT2D eigenvalue weighted by Crippen LogP contribution is -2.39. The Morgan fingerprint density at radius 3 is 2.75 bits per heavy atom. The molecule has 1 aliphatic rings. The molecule has 1 aliphatic carbocycles. The van der Waals surface area contributed by atoms with E-state index in [-0.39, 0.29) is 17.3 Å². The highest BCUT2D eigenvalue weighted by molar-refractivity contribution is 5.75. The number of hydrogen-bond acceptors (Lipinski definition) is 2. The molecule has 0 radical (unpaired) electrons. The van der Waals surface area contributed by atoms with E-state index in [4.69, 9.17) is 4.74 Å². The van der Waals surface area contributed by atoms with E-state index < -0.39 is 0 Å². The van der Waals surface area contributed by atoms with Gasteiger partial charge in [0.2, 0.25) is 0 Å². The summed E-state index contributed by atoms with van der Waals surface area (Å²) in [4.78, 5) is 11.8. The van der Waals surface area contributed by atoms with Crippen molar-refractivity contribution in [3.63, 3.8) is 0 Å². The van der Waals surface area contributed by atoms with Gasteiger partial charge in [0.1, 0.15) is 0 Å². The predicted octanol–water partition coefficient (Wildman–Crippen LogP) is 2.70. The van der Waals surface area contributed by atoms with Crippen molar-refractivity contribution in [3.8, 4) is 0 Å². The number of ether oxygens (including phenoxy) is 1. The summed E-state index contributed by atoms with van der Waals surface area (Å²) in [5, 5.41) is 0. The molecule has 0 spiro atoms. The van der Waals surface area contributed by atoms with Gasteiger partial charge >= 0.3 is 5.97 Å². The molecule has 1 atom stereocenters. The average molecular weight is 218 g/mol. The molecule has 1 aromatic carbocycles. The first-order valence-corrected chi connectivity index (χ1v) is 5.73. The Morgan fingerprint density at radius 2 is 2.06 bits per heavy atom. The lowest BCUT2D eigenvalue weighted by atomic mass is 9.65. The fourth-order valence-electron chi connectivity index (χ4n) is 2.77. The lowest BCUT2D eigenvalue weighted by Gasteiger charge is -2.38. The molecule has 0 heterocycles. The second-order valence-electron chi connectivity index (χ2n) is 4.99. The number of rotatable bonds is 1. The maximum atomic E-state index is 11.8. The number of esters is 1. The van der Waals surface area contributed by atoms with E-state index in [0.717, 1.165) is 12.8 Å². The SMILES string of the molecule is COC(=O)C1CCc2ccccc2C1(C)C. The van der Waals surface area contributed by atoms with Crippen molar-refractivity contribution in [1.82, 2.24) is 0 Å². The van der Waals surface area contributed by atoms with Crippen LogP contribution in [0, 0.1) is 5.92 Å². The number of carbonyl (C=O) groups excluding carboxylic acids is 1. The van der Waals surface area contributed by atoms with Crippen molar-refractivity contribution in [2.75, 3.05) is 7.11 Å². The van der Waals surface area contributed by atoms with E-state index in [0.29, 0.717) is 0 Å². The summed E-state index contributed by atoms with van der Waals surface area (Å²) in [5.41, 5.74) is 2.53. The molecule has 0 bridgehead atoms. The minimum absolute atomic E-state index is 0.0209. The fourth-order valence-corrected chi connectivity index (χ4v) is 2.77. The Kier molecular flexibility index (Phi) is 2.75. The number of fused-ring (bicyclic) bond motifs is 1. The Hall–Kier alpha value is -1.31. The van der Waals surface area contributed by atoms with E-state index in [1.807, 2.05) is 6.07 Å². The first-order chi connectivity index (χ1) is 7.57. The molecule has 2 rings (SSSR count). The van der Waals surface area contributed by atoms with Gasteiger partial charge in [-0.15, -0.1) is 0 Å². The van der Waals surface area contributed by atoms with Gasteiger partial charge in [0.25, 0.3) is 0 Å². The van der Waals surface area contributed by atoms with Gasteiger partial charge in [-0.3, -0.25) is 4.79 Å². The lowest BCUT2D eigenvalue weighted by molar-refractivity contribution is -0.148. The maximum absolute atomic E-state index is 11.8. The largest absolute Gasteiger partial charge is 0.469 e. The van der Waals surface area contributed by atoms with E-state index >= 15 is 0 Å². The summed E-state index contributed by atoms with van der Waals surface area (Å²) in [5.74, 6) is -0.105. The summed E-state index contributed by atoms with van der Waals surface area (Å²) >= 11 is 0. The summed E-state index contributed by atoms with van der Waals surface area (Å²) in [6, 6.07) is 8.39. The van der Waals surface area contributed by atoms with Crippen LogP contribution in [0.2, 0.25) is 0 Å². The second-order valence-corrected chi connectivity index (χ2v) is 4.99. The first kappa shape index (κ1) is 11.2. The van der Waals surface area contributed by atoms with Crippen molar-refractivity contribution in [3.05, 3.63) is 35.4 Å². The van der Waals surface area contributed by atoms with Gasteiger partial charge in [-0.25, -0.2) is 0 Å². The Balaban J connectivity index is 2.43. The molecule has 0 aromatic heterocycles. The van der Waals surface area contributed by atoms with E-state index in [9.17, 15) is 4.79 Å². The molecular formula is C14H18O2. The standard InChI is InChI=1S/C14H18O2/c1-14(2)11-7-5-4-6-10(11)8-9-12(14)13(15)16-3/h4-7,12H,8-9H2,1-3H3. The molecule has 0 saturated carbocycles. The van der Waals surface area contributed by atoms with Crippen LogP contribution in [-0.4, -0.2) is 13.1 Å². The molecule has 2 nitrogen and oxygen atoms in total. The number of aryl methyl sites for hydroxylation is 1. The molecule has 0 saturated heterocycles. The van der Waals surface area contributed by atoms with Crippen LogP contribution in [0.1, 0.15) is 31.4 Å². The zero-order valence-electron chi connectivity index (χ0n) is 10.1. The normalized spacial score (nSPS) is 22.3. The van der Waals surface area contributed by atoms with Gasteiger partial charge in [-0.1, -0.05) is 38.1 Å². The highest BCUT2D eigenvalue weighted by atomic mass is 16.5. The fraction of sp³-hybridized carbons (Fsp3) is 0.500. The highest BCUT2D eigenvalue weighted by Gasteiger charge is 2.41. The molecule has 0 amide bonds. The summed E-state index contributed by atoms with van der Waals surface area (Å²) in [6.07, 6.45) is 1.86. The third-order valence-electron chi connectivity index (χ3n) is 3.77. The molecule has 16 heavy (non-hydrogen) atoms. The average Bonchev–Trinajstić information content (AvgIpc) is 2.28. The zero-order chi connectivity index (χ0) is 11.8. The summed E-state index contributed by atoms with van der Waals surface area (Å²) < 4.78 is 4.90. The number of benzene rings is 1. The van der Waals surface area contributed by atoms with Crippen LogP contribution in [0.15, 0.2) is 24.3 Å². The molecule has 2 heteroatoms. The van der Waals surface area contributed by atoms with Crippen molar-refractivity contribution in [2.24, 2.45) is 5.92 Å². The predicted molar refractivity (Wildman–Crippen MR) is 63.3 cm³/mol. The molecule has 0 fully saturated rings. The van der Waals surface area contributed by atoms with Gasteiger partial charge in [0.15, 0.2) is 0 Å². The van der Waals surface area contributed by atoms with E-state index in [2.05, 4.69) is 32.0 Å². The molecule has 86 valence electrons. The minimum atomic E-state index is -0.123. The molecule has 1 unspecified atom stereocenters. The minimum Gasteiger partial charge on any atom is -0.469 e. The van der Waals surface area contributed by atoms with Gasteiger partial charge in [0, 0.05) is 5.41 Å². The Bertz CT molecular complexity index is 407. The van der Waals surface area contributed by atoms with Gasteiger partial charge in [-0.05, 0) is 24.0 Å². The van der Waals surface area contributed by atoms with Crippen LogP contribution in [0.4, 0.5) is 0 Å². The summed E-state index contributed by atoms with van der Waals surface area (Å²) in [6.45, 7) is 4.26. The molecule has 0 aliphatic heterocycles. The number of carbonyl (C=O) groups is 1. The van der Waals surface area contributed by atoms with Crippen molar-refractivity contribution in [2.45, 2.75) is 32.1 Å². The van der Waals surface area contributed by atoms with Crippen molar-refractivity contribution >= 4 is 5.97 Å². The first-order valence-electron chi connectivity index (χ1n) is 5.73. The van der Waals surface area contributed by atoms with Crippen molar-refractivity contribution in [1.29, 1.82) is 0 Å². The Morgan fingerprint density at radius 1 is 1.38 bits per heavy atom. The van der Waals surface area contributed by atoms with Crippen molar-refractivity contribution < 1.29 is 9.53 Å². The van der Waals surface area contributed by atoms with Gasteiger partial charge in [0.05, 0.1) is 13.0 Å². The molecular weight excluding hydrogens is 200 g/mol. The molecule has 1 aromatic rings. The van der Waals surface area contributed by atoms with Crippen LogP contribution in [0.3, 0.4) is 0 Å². The monoisotopic (exact) mass is 218 g/mol. The van der Waals surface area contributed by atoms with Crippen LogP contribution in [-0.2, 0) is 21.4 Å². The number of hydrogen-bond donors (Lipinski definition) is 0. The van der Waals surface area contributed by atoms with Crippen LogP contribution in [0.25, 0.3) is 0 Å². The second kappa shape index (κ2) is 3.93. The van der Waals surface area contributed by atoms with E-state index in [1.54, 1.807) is 0 Å². The van der Waals surface area contributed by atoms with E-state index in [1.165, 1.54) is 18.2 Å². The quantitative estimate of drug-likeness (QED) is 0.677. The third-order valence-corrected chi connectivity index (χ3v) is 3.77. The van der Waals surface area contributed by atoms with Crippen LogP contribution in [0.5, 0.6) is 0 Å². The van der Waals surface area contributed by atoms with Gasteiger partial charge < -0.3 is 4.74 Å². The van der Waals surface area contributed by atoms with Crippen LogP contribution >= 0.6 is 0 Å². The molecule has 0 N–H and O–H groups in total. The highest BCUT2D eigenvalue weighted by Crippen LogP contribution is 2.41. The Labute approximate surface area is 96.6 Å². The smallest absolute Gasteiger partial charge is 0.309 e. The summed E-state index contributed by atoms with van der Waals surface area (Å²) in [7, 11) is 1.47. The van der Waals surface area contributed by atoms with Crippen LogP contribution < -0.4 is 0 Å². The van der Waals surface area contributed by atoms with Gasteiger partial charge in [-0.2, -0.15) is 0 Å². The third kappa shape index (κ3) is 1.62. The topological polar surface area (TPSA) is 26.3 Å². The maximum Gasteiger partial charge on any atom is 0.309 e.